The Morgan fingerprint density at radius 1 is 1.60 bits per heavy atom. The van der Waals surface area contributed by atoms with Crippen LogP contribution in [0.2, 0.25) is 0 Å². The van der Waals surface area contributed by atoms with Gasteiger partial charge in [-0.1, -0.05) is 24.2 Å². The van der Waals surface area contributed by atoms with Gasteiger partial charge in [0, 0.05) is 18.6 Å². The fourth-order valence-electron chi connectivity index (χ4n) is 1.69. The fourth-order valence-corrected chi connectivity index (χ4v) is 2.77. The summed E-state index contributed by atoms with van der Waals surface area (Å²) in [6, 6.07) is 4.49. The molecule has 0 aliphatic heterocycles. The van der Waals surface area contributed by atoms with Crippen LogP contribution in [0.4, 0.5) is 5.69 Å². The van der Waals surface area contributed by atoms with E-state index in [-0.39, 0.29) is 18.1 Å². The lowest BCUT2D eigenvalue weighted by Crippen LogP contribution is -2.16. The first kappa shape index (κ1) is 14.0. The Balaban J connectivity index is 2.72. The number of terminal acetylenes is 1. The van der Waals surface area contributed by atoms with Gasteiger partial charge in [-0.15, -0.1) is 6.42 Å². The number of fused-ring (bicyclic) bond motifs is 1. The van der Waals surface area contributed by atoms with Crippen LogP contribution in [0.5, 0.6) is 0 Å². The molecule has 1 aromatic heterocycles. The summed E-state index contributed by atoms with van der Waals surface area (Å²) in [6.07, 6.45) is 5.62. The van der Waals surface area contributed by atoms with Crippen molar-refractivity contribution in [2.75, 3.05) is 0 Å². The third-order valence-electron chi connectivity index (χ3n) is 2.65. The van der Waals surface area contributed by atoms with Gasteiger partial charge in [-0.2, -0.15) is 4.99 Å². The van der Waals surface area contributed by atoms with Crippen molar-refractivity contribution < 1.29 is 9.72 Å². The first-order chi connectivity index (χ1) is 9.56. The van der Waals surface area contributed by atoms with Crippen LogP contribution in [0.15, 0.2) is 23.2 Å². The zero-order chi connectivity index (χ0) is 14.7. The quantitative estimate of drug-likeness (QED) is 0.493. The average molecular weight is 289 g/mol. The molecule has 1 amide bonds. The van der Waals surface area contributed by atoms with Crippen molar-refractivity contribution in [2.45, 2.75) is 19.9 Å². The Kier molecular flexibility index (Phi) is 3.96. The van der Waals surface area contributed by atoms with E-state index < -0.39 is 4.92 Å². The van der Waals surface area contributed by atoms with Crippen molar-refractivity contribution in [3.8, 4) is 12.3 Å². The van der Waals surface area contributed by atoms with Crippen molar-refractivity contribution in [3.63, 3.8) is 0 Å². The highest BCUT2D eigenvalue weighted by molar-refractivity contribution is 7.16. The number of nitro benzene ring substituents is 1. The molecule has 0 aliphatic rings. The summed E-state index contributed by atoms with van der Waals surface area (Å²) in [4.78, 5) is 26.2. The molecule has 0 saturated carbocycles. The number of thiazole rings is 1. The molecule has 1 aromatic carbocycles. The van der Waals surface area contributed by atoms with Crippen LogP contribution in [0.1, 0.15) is 13.3 Å². The lowest BCUT2D eigenvalue weighted by atomic mass is 10.3. The van der Waals surface area contributed by atoms with Crippen LogP contribution >= 0.6 is 11.3 Å². The molecule has 1 heterocycles. The summed E-state index contributed by atoms with van der Waals surface area (Å²) in [5, 5.41) is 10.8. The average Bonchev–Trinajstić information content (AvgIpc) is 2.76. The number of rotatable bonds is 3. The highest BCUT2D eigenvalue weighted by atomic mass is 32.1. The van der Waals surface area contributed by atoms with Crippen molar-refractivity contribution >= 4 is 33.1 Å². The molecule has 7 heteroatoms. The summed E-state index contributed by atoms with van der Waals surface area (Å²) >= 11 is 1.21. The molecule has 0 N–H and O–H groups in total. The van der Waals surface area contributed by atoms with Gasteiger partial charge in [0.1, 0.15) is 0 Å². The summed E-state index contributed by atoms with van der Waals surface area (Å²) in [5.74, 6) is 2.24. The Bertz CT molecular complexity index is 795. The Morgan fingerprint density at radius 2 is 2.35 bits per heavy atom. The topological polar surface area (TPSA) is 77.5 Å². The standard InChI is InChI=1S/C13H11N3O3S/c1-3-7-15-10-6-5-9(16(18)19)8-11(10)20-13(15)14-12(17)4-2/h1,5-6,8H,4,7H2,2H3. The minimum atomic E-state index is -0.460. The second-order valence-corrected chi connectivity index (χ2v) is 4.95. The molecule has 0 saturated heterocycles. The number of non-ortho nitro benzene ring substituents is 1. The van der Waals surface area contributed by atoms with E-state index in [9.17, 15) is 14.9 Å². The van der Waals surface area contributed by atoms with Crippen LogP contribution < -0.4 is 4.80 Å². The number of carbonyl (C=O) groups is 1. The number of nitro groups is 1. The maximum atomic E-state index is 11.5. The van der Waals surface area contributed by atoms with Crippen LogP contribution in [0.25, 0.3) is 10.2 Å². The minimum absolute atomic E-state index is 0.0000225. The van der Waals surface area contributed by atoms with Gasteiger partial charge in [0.15, 0.2) is 4.80 Å². The van der Waals surface area contributed by atoms with E-state index in [1.807, 2.05) is 0 Å². The number of nitrogens with zero attached hydrogens (tertiary/aromatic N) is 3. The van der Waals surface area contributed by atoms with Crippen molar-refractivity contribution in [1.82, 2.24) is 4.57 Å². The molecule has 0 spiro atoms. The predicted octanol–water partition coefficient (Wildman–Crippen LogP) is 2.08. The maximum Gasteiger partial charge on any atom is 0.270 e. The van der Waals surface area contributed by atoms with Crippen molar-refractivity contribution in [1.29, 1.82) is 0 Å². The van der Waals surface area contributed by atoms with E-state index >= 15 is 0 Å². The lowest BCUT2D eigenvalue weighted by Gasteiger charge is -1.99. The van der Waals surface area contributed by atoms with E-state index in [1.54, 1.807) is 17.6 Å². The lowest BCUT2D eigenvalue weighted by molar-refractivity contribution is -0.384. The van der Waals surface area contributed by atoms with E-state index in [4.69, 9.17) is 6.42 Å². The number of benzene rings is 1. The molecule has 0 atom stereocenters. The summed E-state index contributed by atoms with van der Waals surface area (Å²) in [6.45, 7) is 1.98. The molecule has 0 bridgehead atoms. The molecule has 102 valence electrons. The SMILES string of the molecule is C#CCn1c(=NC(=O)CC)sc2cc([N+](=O)[O-])ccc21. The molecule has 2 rings (SSSR count). The third kappa shape index (κ3) is 2.60. The largest absolute Gasteiger partial charge is 0.305 e. The first-order valence-corrected chi connectivity index (χ1v) is 6.67. The van der Waals surface area contributed by atoms with Gasteiger partial charge in [-0.25, -0.2) is 0 Å². The summed E-state index contributed by atoms with van der Waals surface area (Å²) in [7, 11) is 0. The van der Waals surface area contributed by atoms with Gasteiger partial charge < -0.3 is 4.57 Å². The predicted molar refractivity (Wildman–Crippen MR) is 76.2 cm³/mol. The zero-order valence-electron chi connectivity index (χ0n) is 10.7. The smallest absolute Gasteiger partial charge is 0.270 e. The highest BCUT2D eigenvalue weighted by Gasteiger charge is 2.11. The van der Waals surface area contributed by atoms with Gasteiger partial charge in [0.2, 0.25) is 5.91 Å². The maximum absolute atomic E-state index is 11.5. The minimum Gasteiger partial charge on any atom is -0.305 e. The number of hydrogen-bond acceptors (Lipinski definition) is 4. The molecule has 2 aromatic rings. The highest BCUT2D eigenvalue weighted by Crippen LogP contribution is 2.23. The Morgan fingerprint density at radius 3 is 2.95 bits per heavy atom. The van der Waals surface area contributed by atoms with Crippen LogP contribution in [-0.4, -0.2) is 15.4 Å². The molecule has 0 aliphatic carbocycles. The van der Waals surface area contributed by atoms with Crippen molar-refractivity contribution in [2.24, 2.45) is 4.99 Å². The van der Waals surface area contributed by atoms with Crippen LogP contribution in [-0.2, 0) is 11.3 Å². The van der Waals surface area contributed by atoms with E-state index in [2.05, 4.69) is 10.9 Å². The van der Waals surface area contributed by atoms with E-state index in [0.717, 1.165) is 5.52 Å². The van der Waals surface area contributed by atoms with Gasteiger partial charge in [0.05, 0.1) is 21.7 Å². The summed E-state index contributed by atoms with van der Waals surface area (Å²) < 4.78 is 2.38. The van der Waals surface area contributed by atoms with Gasteiger partial charge in [-0.05, 0) is 6.07 Å². The number of amides is 1. The molecule has 0 unspecified atom stereocenters. The normalized spacial score (nSPS) is 11.5. The number of hydrogen-bond donors (Lipinski definition) is 0. The Labute approximate surface area is 118 Å². The Hall–Kier alpha value is -2.46. The van der Waals surface area contributed by atoms with Gasteiger partial charge >= 0.3 is 0 Å². The van der Waals surface area contributed by atoms with Gasteiger partial charge in [0.25, 0.3) is 5.69 Å². The molecule has 6 nitrogen and oxygen atoms in total. The van der Waals surface area contributed by atoms with E-state index in [0.29, 0.717) is 15.9 Å². The third-order valence-corrected chi connectivity index (χ3v) is 3.69. The zero-order valence-corrected chi connectivity index (χ0v) is 11.5. The molecule has 0 fully saturated rings. The molecule has 0 radical (unpaired) electrons. The monoisotopic (exact) mass is 289 g/mol. The number of aromatic nitrogens is 1. The van der Waals surface area contributed by atoms with Crippen molar-refractivity contribution in [3.05, 3.63) is 33.1 Å². The summed E-state index contributed by atoms with van der Waals surface area (Å²) in [5.41, 5.74) is 0.737. The molecular formula is C13H11N3O3S. The van der Waals surface area contributed by atoms with Crippen LogP contribution in [0, 0.1) is 22.5 Å². The molecule has 20 heavy (non-hydrogen) atoms. The molecular weight excluding hydrogens is 278 g/mol. The second-order valence-electron chi connectivity index (χ2n) is 3.94. The fraction of sp³-hybridized carbons (Fsp3) is 0.231. The number of carbonyl (C=O) groups excluding carboxylic acids is 1. The first-order valence-electron chi connectivity index (χ1n) is 5.85. The van der Waals surface area contributed by atoms with Gasteiger partial charge in [-0.3, -0.25) is 14.9 Å². The second kappa shape index (κ2) is 5.67. The van der Waals surface area contributed by atoms with E-state index in [1.165, 1.54) is 23.5 Å². The van der Waals surface area contributed by atoms with Crippen LogP contribution in [0.3, 0.4) is 0 Å².